The molecule has 1 aromatic heterocycles. The Bertz CT molecular complexity index is 434. The normalized spacial score (nSPS) is 31.2. The Morgan fingerprint density at radius 2 is 2.11 bits per heavy atom. The lowest BCUT2D eigenvalue weighted by Gasteiger charge is -2.35. The maximum Gasteiger partial charge on any atom is 0.0704 e. The number of fused-ring (bicyclic) bond motifs is 1. The van der Waals surface area contributed by atoms with Crippen LogP contribution in [0.3, 0.4) is 0 Å². The van der Waals surface area contributed by atoms with Gasteiger partial charge in [0.15, 0.2) is 0 Å². The van der Waals surface area contributed by atoms with E-state index in [0.29, 0.717) is 24.6 Å². The van der Waals surface area contributed by atoms with E-state index in [2.05, 4.69) is 27.3 Å². The number of hydrogen-bond acceptors (Lipinski definition) is 3. The molecule has 2 N–H and O–H groups in total. The third kappa shape index (κ3) is 3.07. The molecule has 0 radical (unpaired) electrons. The molecule has 1 heterocycles. The molecule has 4 heteroatoms. The van der Waals surface area contributed by atoms with E-state index in [-0.39, 0.29) is 0 Å². The van der Waals surface area contributed by atoms with E-state index in [1.807, 2.05) is 11.3 Å². The summed E-state index contributed by atoms with van der Waals surface area (Å²) < 4.78 is 1.26. The van der Waals surface area contributed by atoms with E-state index < -0.39 is 0 Å². The lowest BCUT2D eigenvalue weighted by Crippen LogP contribution is -2.42. The minimum atomic E-state index is 0.338. The molecule has 0 saturated heterocycles. The molecule has 3 rings (SSSR count). The average molecular weight is 344 g/mol. The summed E-state index contributed by atoms with van der Waals surface area (Å²) in [6.45, 7) is 0.338. The highest BCUT2D eigenvalue weighted by molar-refractivity contribution is 9.11. The fourth-order valence-corrected chi connectivity index (χ4v) is 5.42. The Morgan fingerprint density at radius 3 is 2.95 bits per heavy atom. The van der Waals surface area contributed by atoms with Crippen molar-refractivity contribution in [2.24, 2.45) is 5.92 Å². The molecule has 0 aliphatic heterocycles. The van der Waals surface area contributed by atoms with Gasteiger partial charge in [-0.3, -0.25) is 0 Å². The zero-order valence-electron chi connectivity index (χ0n) is 11.2. The van der Waals surface area contributed by atoms with Crippen molar-refractivity contribution in [2.45, 2.75) is 57.0 Å². The van der Waals surface area contributed by atoms with Gasteiger partial charge in [-0.2, -0.15) is 0 Å². The van der Waals surface area contributed by atoms with Crippen molar-refractivity contribution in [3.63, 3.8) is 0 Å². The first-order valence-corrected chi connectivity index (χ1v) is 9.04. The number of aliphatic hydroxyl groups excluding tert-OH is 1. The minimum absolute atomic E-state index is 0.338. The second-order valence-electron chi connectivity index (χ2n) is 5.87. The predicted molar refractivity (Wildman–Crippen MR) is 83.7 cm³/mol. The number of aryl methyl sites for hydroxylation is 1. The van der Waals surface area contributed by atoms with Crippen molar-refractivity contribution in [2.75, 3.05) is 6.61 Å². The average Bonchev–Trinajstić information content (AvgIpc) is 2.81. The number of thiophene rings is 1. The molecule has 19 heavy (non-hydrogen) atoms. The van der Waals surface area contributed by atoms with Gasteiger partial charge in [0.2, 0.25) is 0 Å². The van der Waals surface area contributed by atoms with Crippen LogP contribution < -0.4 is 5.32 Å². The van der Waals surface area contributed by atoms with Crippen LogP contribution in [0.25, 0.3) is 0 Å². The second kappa shape index (κ2) is 6.25. The summed E-state index contributed by atoms with van der Waals surface area (Å²) in [6, 6.07) is 3.31. The van der Waals surface area contributed by atoms with Crippen LogP contribution in [0.15, 0.2) is 9.85 Å². The highest BCUT2D eigenvalue weighted by Gasteiger charge is 2.29. The maximum absolute atomic E-state index is 9.54. The molecule has 2 aliphatic carbocycles. The molecule has 0 amide bonds. The van der Waals surface area contributed by atoms with Gasteiger partial charge in [0.25, 0.3) is 0 Å². The highest BCUT2D eigenvalue weighted by Crippen LogP contribution is 2.39. The summed E-state index contributed by atoms with van der Waals surface area (Å²) in [5.74, 6) is 0.459. The quantitative estimate of drug-likeness (QED) is 0.868. The van der Waals surface area contributed by atoms with Gasteiger partial charge in [0, 0.05) is 23.6 Å². The minimum Gasteiger partial charge on any atom is -0.396 e. The van der Waals surface area contributed by atoms with Crippen LogP contribution in [0.4, 0.5) is 0 Å². The highest BCUT2D eigenvalue weighted by atomic mass is 79.9. The van der Waals surface area contributed by atoms with E-state index in [9.17, 15) is 5.11 Å². The van der Waals surface area contributed by atoms with Crippen molar-refractivity contribution in [3.05, 3.63) is 20.3 Å². The number of aliphatic hydroxyl groups is 1. The first-order chi connectivity index (χ1) is 9.28. The maximum atomic E-state index is 9.54. The lowest BCUT2D eigenvalue weighted by atomic mass is 9.83. The van der Waals surface area contributed by atoms with Gasteiger partial charge in [0.05, 0.1) is 3.79 Å². The fourth-order valence-electron chi connectivity index (χ4n) is 3.60. The molecule has 1 fully saturated rings. The van der Waals surface area contributed by atoms with Crippen LogP contribution >= 0.6 is 27.3 Å². The molecule has 106 valence electrons. The zero-order chi connectivity index (χ0) is 13.2. The molecule has 0 aromatic carbocycles. The molecule has 2 nitrogen and oxygen atoms in total. The van der Waals surface area contributed by atoms with Gasteiger partial charge in [-0.15, -0.1) is 11.3 Å². The van der Waals surface area contributed by atoms with Crippen molar-refractivity contribution >= 4 is 27.3 Å². The Kier molecular flexibility index (Phi) is 4.62. The lowest BCUT2D eigenvalue weighted by molar-refractivity contribution is 0.143. The van der Waals surface area contributed by atoms with E-state index in [1.54, 1.807) is 4.88 Å². The summed E-state index contributed by atoms with van der Waals surface area (Å²) >= 11 is 5.51. The van der Waals surface area contributed by atoms with E-state index in [4.69, 9.17) is 0 Å². The third-order valence-electron chi connectivity index (χ3n) is 4.64. The first-order valence-electron chi connectivity index (χ1n) is 7.43. The van der Waals surface area contributed by atoms with Gasteiger partial charge >= 0.3 is 0 Å². The van der Waals surface area contributed by atoms with E-state index in [0.717, 1.165) is 0 Å². The Morgan fingerprint density at radius 1 is 1.26 bits per heavy atom. The van der Waals surface area contributed by atoms with Crippen LogP contribution in [0.5, 0.6) is 0 Å². The Hall–Kier alpha value is 0.100. The predicted octanol–water partition coefficient (Wildman–Crippen LogP) is 4.03. The molecular weight excluding hydrogens is 322 g/mol. The van der Waals surface area contributed by atoms with Crippen molar-refractivity contribution in [3.8, 4) is 0 Å². The largest absolute Gasteiger partial charge is 0.396 e. The summed E-state index contributed by atoms with van der Waals surface area (Å²) in [5.41, 5.74) is 1.50. The van der Waals surface area contributed by atoms with Crippen molar-refractivity contribution in [1.82, 2.24) is 5.32 Å². The monoisotopic (exact) mass is 343 g/mol. The van der Waals surface area contributed by atoms with Crippen LogP contribution in [0.2, 0.25) is 0 Å². The molecule has 1 aromatic rings. The fraction of sp³-hybridized carbons (Fsp3) is 0.733. The first kappa shape index (κ1) is 14.1. The van der Waals surface area contributed by atoms with Gasteiger partial charge < -0.3 is 10.4 Å². The van der Waals surface area contributed by atoms with Crippen LogP contribution in [-0.2, 0) is 6.42 Å². The molecule has 1 saturated carbocycles. The van der Waals surface area contributed by atoms with Crippen molar-refractivity contribution in [1.29, 1.82) is 0 Å². The van der Waals surface area contributed by atoms with Crippen LogP contribution in [0.1, 0.15) is 55.0 Å². The standard InChI is InChI=1S/C15H22BrNOS/c16-15-8-11-13(6-3-7-14(11)19-15)17-12-5-2-1-4-10(12)9-18/h8,10,12-13,17-18H,1-7,9H2. The number of halogens is 1. The summed E-state index contributed by atoms with van der Waals surface area (Å²) in [6.07, 6.45) is 8.75. The topological polar surface area (TPSA) is 32.3 Å². The number of nitrogens with one attached hydrogen (secondary N) is 1. The smallest absolute Gasteiger partial charge is 0.0704 e. The van der Waals surface area contributed by atoms with Gasteiger partial charge in [-0.25, -0.2) is 0 Å². The Labute approximate surface area is 127 Å². The molecule has 3 unspecified atom stereocenters. The molecular formula is C15H22BrNOS. The van der Waals surface area contributed by atoms with Crippen LogP contribution in [-0.4, -0.2) is 17.8 Å². The molecule has 3 atom stereocenters. The summed E-state index contributed by atoms with van der Waals surface area (Å²) in [7, 11) is 0. The number of hydrogen-bond donors (Lipinski definition) is 2. The molecule has 2 aliphatic rings. The summed E-state index contributed by atoms with van der Waals surface area (Å²) in [5, 5.41) is 13.4. The third-order valence-corrected chi connectivity index (χ3v) is 6.36. The second-order valence-corrected chi connectivity index (χ2v) is 8.39. The zero-order valence-corrected chi connectivity index (χ0v) is 13.6. The van der Waals surface area contributed by atoms with E-state index >= 15 is 0 Å². The van der Waals surface area contributed by atoms with Crippen molar-refractivity contribution < 1.29 is 5.11 Å². The Balaban J connectivity index is 1.73. The summed E-state index contributed by atoms with van der Waals surface area (Å²) in [4.78, 5) is 1.55. The van der Waals surface area contributed by atoms with Gasteiger partial charge in [0.1, 0.15) is 0 Å². The van der Waals surface area contributed by atoms with Gasteiger partial charge in [-0.05, 0) is 65.6 Å². The molecule has 0 spiro atoms. The van der Waals surface area contributed by atoms with Crippen LogP contribution in [0, 0.1) is 5.92 Å². The molecule has 0 bridgehead atoms. The number of rotatable bonds is 3. The van der Waals surface area contributed by atoms with Gasteiger partial charge in [-0.1, -0.05) is 12.8 Å². The van der Waals surface area contributed by atoms with E-state index in [1.165, 1.54) is 54.3 Å². The SMILES string of the molecule is OCC1CCCCC1NC1CCCc2sc(Br)cc21.